The molecule has 0 aliphatic rings. The summed E-state index contributed by atoms with van der Waals surface area (Å²) < 4.78 is 39.0. The van der Waals surface area contributed by atoms with E-state index in [0.29, 0.717) is 0 Å². The first kappa shape index (κ1) is 17.7. The van der Waals surface area contributed by atoms with Crippen LogP contribution in [-0.4, -0.2) is 39.8 Å². The van der Waals surface area contributed by atoms with Crippen molar-refractivity contribution in [2.24, 2.45) is 5.73 Å². The molecule has 0 aliphatic carbocycles. The molecule has 0 saturated carbocycles. The molecule has 0 amide bonds. The Kier molecular flexibility index (Phi) is 15.8. The van der Waals surface area contributed by atoms with Gasteiger partial charge in [-0.05, 0) is 27.7 Å². The average molecular weight is 191 g/mol. The highest BCUT2D eigenvalue weighted by molar-refractivity contribution is 6.50. The van der Waals surface area contributed by atoms with Crippen molar-refractivity contribution >= 4 is 7.25 Å². The van der Waals surface area contributed by atoms with E-state index < -0.39 is 7.25 Å². The molecule has 0 spiro atoms. The molecule has 0 atom stereocenters. The molecule has 0 unspecified atom stereocenters. The lowest BCUT2D eigenvalue weighted by molar-refractivity contribution is 0.368. The molecule has 2 nitrogen and oxygen atoms in total. The van der Waals surface area contributed by atoms with Gasteiger partial charge >= 0.3 is 7.25 Å². The molecule has 0 aromatic heterocycles. The van der Waals surface area contributed by atoms with Gasteiger partial charge in [-0.1, -0.05) is 6.92 Å². The van der Waals surface area contributed by atoms with Crippen molar-refractivity contribution in [2.45, 2.75) is 6.92 Å². The Balaban J connectivity index is -0.000000105. The lowest BCUT2D eigenvalue weighted by Crippen LogP contribution is -2.02. The van der Waals surface area contributed by atoms with Gasteiger partial charge in [0.25, 0.3) is 0 Å². The maximum absolute atomic E-state index is 9.75. The molecule has 0 fully saturated rings. The fourth-order valence-electron chi connectivity index (χ4n) is 0. The van der Waals surface area contributed by atoms with E-state index in [-0.39, 0.29) is 0 Å². The number of hydrogen-bond donors (Lipinski definition) is 1. The lowest BCUT2D eigenvalue weighted by Gasteiger charge is -1.94. The molecule has 0 aliphatic heterocycles. The number of rotatable bonds is 0. The highest BCUT2D eigenvalue weighted by Gasteiger charge is 2.20. The Morgan fingerprint density at radius 2 is 1.08 bits per heavy atom. The summed E-state index contributed by atoms with van der Waals surface area (Å²) in [6, 6.07) is 0. The van der Waals surface area contributed by atoms with Crippen molar-refractivity contribution in [1.82, 2.24) is 4.90 Å². The summed E-state index contributed by atoms with van der Waals surface area (Å²) in [5.74, 6) is 0. The van der Waals surface area contributed by atoms with Crippen molar-refractivity contribution in [3.63, 3.8) is 0 Å². The summed E-state index contributed by atoms with van der Waals surface area (Å²) in [7, 11) is 0. The Morgan fingerprint density at radius 3 is 1.08 bits per heavy atom. The van der Waals surface area contributed by atoms with Crippen LogP contribution in [0.3, 0.4) is 0 Å². The van der Waals surface area contributed by atoms with E-state index >= 15 is 0 Å². The van der Waals surface area contributed by atoms with Crippen LogP contribution in [0.5, 0.6) is 0 Å². The Bertz CT molecular complexity index is 67.6. The molecule has 0 rings (SSSR count). The summed E-state index contributed by atoms with van der Waals surface area (Å²) in [5.41, 5.74) is 4.85. The third-order valence-electron chi connectivity index (χ3n) is 0. The van der Waals surface area contributed by atoms with Crippen molar-refractivity contribution in [2.75, 3.05) is 27.7 Å². The molecule has 7 heteroatoms. The molecule has 0 aromatic carbocycles. The van der Waals surface area contributed by atoms with Crippen molar-refractivity contribution in [1.29, 1.82) is 0 Å². The van der Waals surface area contributed by atoms with Crippen molar-refractivity contribution in [3.8, 4) is 0 Å². The maximum atomic E-state index is 9.75. The van der Waals surface area contributed by atoms with Crippen LogP contribution < -0.4 is 5.73 Å². The Hall–Kier alpha value is -0.295. The fraction of sp³-hybridized carbons (Fsp3) is 1.00. The Labute approximate surface area is 70.8 Å². The number of hydrogen-bond acceptors (Lipinski definition) is 2. The smallest absolute Gasteiger partial charge is 0.418 e. The van der Waals surface area contributed by atoms with E-state index in [9.17, 15) is 17.3 Å². The van der Waals surface area contributed by atoms with Gasteiger partial charge in [-0.2, -0.15) is 0 Å². The zero-order valence-electron chi connectivity index (χ0n) is 7.82. The fourth-order valence-corrected chi connectivity index (χ4v) is 0. The predicted molar refractivity (Wildman–Crippen MR) is 44.5 cm³/mol. The van der Waals surface area contributed by atoms with Crippen LogP contribution in [-0.2, 0) is 0 Å². The third kappa shape index (κ3) is 8450. The molecule has 0 heterocycles. The molecule has 0 radical (unpaired) electrons. The van der Waals surface area contributed by atoms with E-state index in [0.717, 1.165) is 6.54 Å². The Morgan fingerprint density at radius 1 is 1.08 bits per heavy atom. The lowest BCUT2D eigenvalue weighted by atomic mass is 10.3. The zero-order chi connectivity index (χ0) is 10.8. The standard InChI is InChI=1S/C3H9N.C2H7N.BF4/c1-4(2)3;1-2-3;2-1(3,4)5/h1-3H3;2-3H2,1H3;/q;;-1. The molecular weight excluding hydrogens is 175 g/mol. The summed E-state index contributed by atoms with van der Waals surface area (Å²) in [5, 5.41) is 0. The summed E-state index contributed by atoms with van der Waals surface area (Å²) in [4.78, 5) is 2.00. The highest BCUT2D eigenvalue weighted by atomic mass is 19.5. The predicted octanol–water partition coefficient (Wildman–Crippen LogP) is 1.44. The van der Waals surface area contributed by atoms with Crippen LogP contribution in [0.2, 0.25) is 0 Å². The summed E-state index contributed by atoms with van der Waals surface area (Å²) in [6.45, 7) is 2.65. The first-order chi connectivity index (χ1) is 5.15. The van der Waals surface area contributed by atoms with Crippen LogP contribution in [0.15, 0.2) is 0 Å². The van der Waals surface area contributed by atoms with Gasteiger partial charge in [0.15, 0.2) is 0 Å². The first-order valence-electron chi connectivity index (χ1n) is 3.33. The molecular formula is C5H16BF4N2-. The molecule has 12 heavy (non-hydrogen) atoms. The highest BCUT2D eigenvalue weighted by Crippen LogP contribution is 2.06. The first-order valence-corrected chi connectivity index (χ1v) is 3.33. The number of nitrogens with zero attached hydrogens (tertiary/aromatic N) is 1. The molecule has 2 N–H and O–H groups in total. The normalized spacial score (nSPS) is 9.50. The van der Waals surface area contributed by atoms with Gasteiger partial charge in [-0.3, -0.25) is 0 Å². The number of nitrogens with two attached hydrogens (primary N) is 1. The van der Waals surface area contributed by atoms with Gasteiger partial charge < -0.3 is 27.9 Å². The molecule has 0 bridgehead atoms. The minimum absolute atomic E-state index is 0.750. The largest absolute Gasteiger partial charge is 0.673 e. The van der Waals surface area contributed by atoms with E-state index in [4.69, 9.17) is 5.73 Å². The van der Waals surface area contributed by atoms with Crippen LogP contribution in [0.25, 0.3) is 0 Å². The van der Waals surface area contributed by atoms with Gasteiger partial charge in [0, 0.05) is 0 Å². The van der Waals surface area contributed by atoms with Crippen molar-refractivity contribution in [3.05, 3.63) is 0 Å². The number of halogens is 4. The van der Waals surface area contributed by atoms with Gasteiger partial charge in [0.2, 0.25) is 0 Å². The molecule has 0 saturated heterocycles. The maximum Gasteiger partial charge on any atom is 0.673 e. The summed E-state index contributed by atoms with van der Waals surface area (Å²) >= 11 is 0. The van der Waals surface area contributed by atoms with E-state index in [1.807, 2.05) is 33.0 Å². The molecule has 0 aromatic rings. The SMILES string of the molecule is CCN.CN(C)C.F[B-](F)(F)F. The van der Waals surface area contributed by atoms with Gasteiger partial charge in [-0.25, -0.2) is 0 Å². The van der Waals surface area contributed by atoms with Crippen LogP contribution >= 0.6 is 0 Å². The van der Waals surface area contributed by atoms with Gasteiger partial charge in [-0.15, -0.1) is 0 Å². The second-order valence-corrected chi connectivity index (χ2v) is 2.24. The second kappa shape index (κ2) is 10.7. The van der Waals surface area contributed by atoms with Crippen molar-refractivity contribution < 1.29 is 17.3 Å². The van der Waals surface area contributed by atoms with E-state index in [1.54, 1.807) is 0 Å². The van der Waals surface area contributed by atoms with Crippen LogP contribution in [0.1, 0.15) is 6.92 Å². The van der Waals surface area contributed by atoms with Gasteiger partial charge in [0.05, 0.1) is 0 Å². The third-order valence-corrected chi connectivity index (χ3v) is 0. The summed E-state index contributed by atoms with van der Waals surface area (Å²) in [6.07, 6.45) is 0. The van der Waals surface area contributed by atoms with Crippen LogP contribution in [0, 0.1) is 0 Å². The zero-order valence-corrected chi connectivity index (χ0v) is 7.82. The molecule has 78 valence electrons. The van der Waals surface area contributed by atoms with Crippen LogP contribution in [0.4, 0.5) is 17.3 Å². The monoisotopic (exact) mass is 191 g/mol. The minimum atomic E-state index is -6.00. The average Bonchev–Trinajstić information content (AvgIpc) is 1.56. The topological polar surface area (TPSA) is 29.3 Å². The van der Waals surface area contributed by atoms with E-state index in [1.165, 1.54) is 0 Å². The van der Waals surface area contributed by atoms with E-state index in [2.05, 4.69) is 0 Å². The minimum Gasteiger partial charge on any atom is -0.418 e. The quantitative estimate of drug-likeness (QED) is 0.463. The second-order valence-electron chi connectivity index (χ2n) is 2.24. The van der Waals surface area contributed by atoms with Gasteiger partial charge in [0.1, 0.15) is 0 Å².